The second-order valence-electron chi connectivity index (χ2n) is 7.84. The predicted octanol–water partition coefficient (Wildman–Crippen LogP) is 3.79. The highest BCUT2D eigenvalue weighted by Gasteiger charge is 2.34. The minimum absolute atomic E-state index is 0.00909. The third-order valence-corrected chi connectivity index (χ3v) is 5.09. The standard InChI is InChI=1S/C24H25N3O8/c1-5-17-20(23(29)34-13(2)3)21(26-24(30)25-17)14-9-10-18(19(12-14)33-4)35-22(28)15-7-6-8-16(11-15)27(31)32/h6-13,21H,5H2,1-4H3,(H2,25,26,30). The Balaban J connectivity index is 1.94. The van der Waals surface area contributed by atoms with E-state index in [9.17, 15) is 24.5 Å². The van der Waals surface area contributed by atoms with E-state index in [1.807, 2.05) is 0 Å². The largest absolute Gasteiger partial charge is 0.493 e. The van der Waals surface area contributed by atoms with Crippen molar-refractivity contribution in [3.05, 3.63) is 75.0 Å². The number of nitrogens with zero attached hydrogens (tertiary/aromatic N) is 1. The van der Waals surface area contributed by atoms with E-state index in [0.717, 1.165) is 6.07 Å². The molecule has 0 saturated carbocycles. The monoisotopic (exact) mass is 483 g/mol. The molecule has 2 amide bonds. The Bertz CT molecular complexity index is 1210. The molecule has 0 aliphatic carbocycles. The van der Waals surface area contributed by atoms with E-state index in [4.69, 9.17) is 14.2 Å². The zero-order valence-electron chi connectivity index (χ0n) is 19.6. The molecule has 184 valence electrons. The Morgan fingerprint density at radius 3 is 2.49 bits per heavy atom. The van der Waals surface area contributed by atoms with Gasteiger partial charge in [0.2, 0.25) is 0 Å². The summed E-state index contributed by atoms with van der Waals surface area (Å²) in [7, 11) is 1.37. The molecular weight excluding hydrogens is 458 g/mol. The number of carbonyl (C=O) groups excluding carboxylic acids is 3. The number of non-ortho nitro benzene ring substituents is 1. The number of amides is 2. The number of nitro benzene ring substituents is 1. The maximum Gasteiger partial charge on any atom is 0.343 e. The van der Waals surface area contributed by atoms with E-state index in [2.05, 4.69) is 10.6 Å². The Hall–Kier alpha value is -4.41. The Morgan fingerprint density at radius 2 is 1.86 bits per heavy atom. The van der Waals surface area contributed by atoms with E-state index in [-0.39, 0.29) is 34.4 Å². The van der Waals surface area contributed by atoms with Crippen LogP contribution in [0, 0.1) is 10.1 Å². The highest BCUT2D eigenvalue weighted by Crippen LogP contribution is 2.35. The fraction of sp³-hybridized carbons (Fsp3) is 0.292. The van der Waals surface area contributed by atoms with Crippen molar-refractivity contribution in [3.8, 4) is 11.5 Å². The number of rotatable bonds is 8. The predicted molar refractivity (Wildman–Crippen MR) is 124 cm³/mol. The van der Waals surface area contributed by atoms with E-state index in [1.165, 1.54) is 37.4 Å². The number of urea groups is 1. The minimum atomic E-state index is -0.833. The van der Waals surface area contributed by atoms with E-state index in [0.29, 0.717) is 17.7 Å². The van der Waals surface area contributed by atoms with Gasteiger partial charge in [0.15, 0.2) is 11.5 Å². The highest BCUT2D eigenvalue weighted by molar-refractivity contribution is 5.95. The van der Waals surface area contributed by atoms with Crippen molar-refractivity contribution in [2.24, 2.45) is 0 Å². The van der Waals surface area contributed by atoms with Gasteiger partial charge in [0, 0.05) is 17.8 Å². The van der Waals surface area contributed by atoms with Crippen LogP contribution in [-0.4, -0.2) is 36.1 Å². The van der Waals surface area contributed by atoms with Gasteiger partial charge in [-0.3, -0.25) is 10.1 Å². The summed E-state index contributed by atoms with van der Waals surface area (Å²) >= 11 is 0. The lowest BCUT2D eigenvalue weighted by molar-refractivity contribution is -0.384. The zero-order chi connectivity index (χ0) is 25.7. The number of carbonyl (C=O) groups is 3. The van der Waals surface area contributed by atoms with Crippen molar-refractivity contribution in [1.29, 1.82) is 0 Å². The molecule has 2 aromatic carbocycles. The average Bonchev–Trinajstić information content (AvgIpc) is 2.83. The molecule has 3 rings (SSSR count). The van der Waals surface area contributed by atoms with E-state index < -0.39 is 28.9 Å². The van der Waals surface area contributed by atoms with Crippen LogP contribution in [0.3, 0.4) is 0 Å². The second-order valence-corrected chi connectivity index (χ2v) is 7.84. The first-order valence-corrected chi connectivity index (χ1v) is 10.8. The van der Waals surface area contributed by atoms with Crippen LogP contribution in [0.1, 0.15) is 49.2 Å². The topological polar surface area (TPSA) is 146 Å². The van der Waals surface area contributed by atoms with Gasteiger partial charge in [0.05, 0.1) is 35.3 Å². The maximum absolute atomic E-state index is 12.8. The van der Waals surface area contributed by atoms with Crippen LogP contribution in [-0.2, 0) is 9.53 Å². The normalized spacial score (nSPS) is 15.2. The van der Waals surface area contributed by atoms with Crippen LogP contribution in [0.15, 0.2) is 53.7 Å². The quantitative estimate of drug-likeness (QED) is 0.250. The molecule has 2 aromatic rings. The van der Waals surface area contributed by atoms with Crippen LogP contribution >= 0.6 is 0 Å². The van der Waals surface area contributed by atoms with E-state index in [1.54, 1.807) is 26.8 Å². The van der Waals surface area contributed by atoms with Gasteiger partial charge in [0.25, 0.3) is 5.69 Å². The summed E-state index contributed by atoms with van der Waals surface area (Å²) in [5, 5.41) is 16.4. The van der Waals surface area contributed by atoms with Gasteiger partial charge in [0.1, 0.15) is 0 Å². The fourth-order valence-electron chi connectivity index (χ4n) is 3.52. The number of nitro groups is 1. The van der Waals surface area contributed by atoms with Crippen molar-refractivity contribution in [3.63, 3.8) is 0 Å². The molecule has 0 spiro atoms. The number of hydrogen-bond donors (Lipinski definition) is 2. The molecule has 2 N–H and O–H groups in total. The van der Waals surface area contributed by atoms with Crippen molar-refractivity contribution >= 4 is 23.7 Å². The molecular formula is C24H25N3O8. The summed E-state index contributed by atoms with van der Waals surface area (Å²) in [5.41, 5.74) is 0.926. The highest BCUT2D eigenvalue weighted by atomic mass is 16.6. The fourth-order valence-corrected chi connectivity index (χ4v) is 3.52. The first-order valence-electron chi connectivity index (χ1n) is 10.8. The average molecular weight is 483 g/mol. The second kappa shape index (κ2) is 10.7. The summed E-state index contributed by atoms with van der Waals surface area (Å²) in [6, 6.07) is 8.39. The molecule has 1 unspecified atom stereocenters. The lowest BCUT2D eigenvalue weighted by Crippen LogP contribution is -2.46. The lowest BCUT2D eigenvalue weighted by atomic mass is 9.94. The molecule has 35 heavy (non-hydrogen) atoms. The number of hydrogen-bond acceptors (Lipinski definition) is 8. The van der Waals surface area contributed by atoms with Gasteiger partial charge in [-0.1, -0.05) is 19.1 Å². The van der Waals surface area contributed by atoms with Crippen LogP contribution in [0.2, 0.25) is 0 Å². The Morgan fingerprint density at radius 1 is 1.11 bits per heavy atom. The molecule has 0 radical (unpaired) electrons. The molecule has 11 heteroatoms. The molecule has 1 aliphatic heterocycles. The number of esters is 2. The minimum Gasteiger partial charge on any atom is -0.493 e. The molecule has 0 saturated heterocycles. The van der Waals surface area contributed by atoms with Crippen LogP contribution < -0.4 is 20.1 Å². The van der Waals surface area contributed by atoms with E-state index >= 15 is 0 Å². The van der Waals surface area contributed by atoms with Gasteiger partial charge in [-0.25, -0.2) is 14.4 Å². The first-order chi connectivity index (χ1) is 16.6. The van der Waals surface area contributed by atoms with Gasteiger partial charge in [-0.05, 0) is 44.0 Å². The molecule has 0 bridgehead atoms. The third-order valence-electron chi connectivity index (χ3n) is 5.09. The number of allylic oxidation sites excluding steroid dienone is 1. The van der Waals surface area contributed by atoms with Crippen molar-refractivity contribution in [2.45, 2.75) is 39.3 Å². The number of ether oxygens (including phenoxy) is 3. The molecule has 1 heterocycles. The molecule has 0 aromatic heterocycles. The molecule has 11 nitrogen and oxygen atoms in total. The lowest BCUT2D eigenvalue weighted by Gasteiger charge is -2.29. The molecule has 1 atom stereocenters. The maximum atomic E-state index is 12.8. The zero-order valence-corrected chi connectivity index (χ0v) is 19.6. The summed E-state index contributed by atoms with van der Waals surface area (Å²) < 4.78 is 16.2. The number of benzene rings is 2. The Labute approximate surface area is 201 Å². The van der Waals surface area contributed by atoms with Gasteiger partial charge < -0.3 is 24.8 Å². The van der Waals surface area contributed by atoms with Crippen molar-refractivity contribution in [2.75, 3.05) is 7.11 Å². The number of methoxy groups -OCH3 is 1. The molecule has 0 fully saturated rings. The van der Waals surface area contributed by atoms with Gasteiger partial charge in [-0.2, -0.15) is 0 Å². The van der Waals surface area contributed by atoms with Gasteiger partial charge in [-0.15, -0.1) is 0 Å². The number of nitrogens with one attached hydrogen (secondary N) is 2. The summed E-state index contributed by atoms with van der Waals surface area (Å²) in [6.07, 6.45) is 0.0270. The first kappa shape index (κ1) is 25.2. The molecule has 1 aliphatic rings. The third kappa shape index (κ3) is 5.75. The smallest absolute Gasteiger partial charge is 0.343 e. The van der Waals surface area contributed by atoms with Crippen LogP contribution in [0.4, 0.5) is 10.5 Å². The Kier molecular flexibility index (Phi) is 7.69. The van der Waals surface area contributed by atoms with Crippen LogP contribution in [0.5, 0.6) is 11.5 Å². The van der Waals surface area contributed by atoms with Gasteiger partial charge >= 0.3 is 18.0 Å². The summed E-state index contributed by atoms with van der Waals surface area (Å²) in [6.45, 7) is 5.25. The SMILES string of the molecule is CCC1=C(C(=O)OC(C)C)C(c2ccc(OC(=O)c3cccc([N+](=O)[O-])c3)c(OC)c2)NC(=O)N1. The van der Waals surface area contributed by atoms with Crippen LogP contribution in [0.25, 0.3) is 0 Å². The summed E-state index contributed by atoms with van der Waals surface area (Å²) in [4.78, 5) is 48.0. The van der Waals surface area contributed by atoms with Crippen molar-refractivity contribution < 1.29 is 33.5 Å². The van der Waals surface area contributed by atoms with Crippen molar-refractivity contribution in [1.82, 2.24) is 10.6 Å². The summed E-state index contributed by atoms with van der Waals surface area (Å²) in [5.74, 6) is -1.18.